The van der Waals surface area contributed by atoms with Crippen LogP contribution in [0.15, 0.2) is 42.5 Å². The molecule has 2 aromatic rings. The number of benzene rings is 2. The summed E-state index contributed by atoms with van der Waals surface area (Å²) in [6, 6.07) is 9.78. The SMILES string of the molecule is Cc1cc(F)cc(NC(=O)c2ccccc2F)c1. The summed E-state index contributed by atoms with van der Waals surface area (Å²) in [6.45, 7) is 1.71. The van der Waals surface area contributed by atoms with Crippen molar-refractivity contribution in [1.82, 2.24) is 0 Å². The molecule has 1 N–H and O–H groups in total. The molecule has 0 bridgehead atoms. The Hall–Kier alpha value is -2.23. The summed E-state index contributed by atoms with van der Waals surface area (Å²) in [5.41, 5.74) is 0.916. The van der Waals surface area contributed by atoms with Crippen LogP contribution in [0, 0.1) is 18.6 Å². The second kappa shape index (κ2) is 4.96. The highest BCUT2D eigenvalue weighted by molar-refractivity contribution is 6.04. The van der Waals surface area contributed by atoms with Crippen molar-refractivity contribution < 1.29 is 13.6 Å². The lowest BCUT2D eigenvalue weighted by atomic mass is 10.1. The molecule has 0 radical (unpaired) electrons. The van der Waals surface area contributed by atoms with E-state index in [1.54, 1.807) is 19.1 Å². The van der Waals surface area contributed by atoms with E-state index >= 15 is 0 Å². The van der Waals surface area contributed by atoms with Crippen LogP contribution in [-0.2, 0) is 0 Å². The summed E-state index contributed by atoms with van der Waals surface area (Å²) in [5.74, 6) is -1.65. The van der Waals surface area contributed by atoms with Crippen molar-refractivity contribution in [2.75, 3.05) is 5.32 Å². The maximum atomic E-state index is 13.4. The summed E-state index contributed by atoms with van der Waals surface area (Å²) in [5, 5.41) is 2.46. The number of carbonyl (C=O) groups excluding carboxylic acids is 1. The Labute approximate surface area is 103 Å². The fourth-order valence-corrected chi connectivity index (χ4v) is 1.65. The predicted octanol–water partition coefficient (Wildman–Crippen LogP) is 3.53. The van der Waals surface area contributed by atoms with E-state index in [1.807, 2.05) is 0 Å². The van der Waals surface area contributed by atoms with Crippen molar-refractivity contribution in [2.45, 2.75) is 6.92 Å². The van der Waals surface area contributed by atoms with Crippen LogP contribution in [0.4, 0.5) is 14.5 Å². The minimum atomic E-state index is -0.608. The second-order valence-electron chi connectivity index (χ2n) is 3.95. The molecule has 2 aromatic carbocycles. The maximum absolute atomic E-state index is 13.4. The Morgan fingerprint density at radius 1 is 1.11 bits per heavy atom. The van der Waals surface area contributed by atoms with Crippen molar-refractivity contribution in [3.05, 3.63) is 65.2 Å². The number of hydrogen-bond donors (Lipinski definition) is 1. The molecule has 1 amide bonds. The Morgan fingerprint density at radius 2 is 1.83 bits per heavy atom. The van der Waals surface area contributed by atoms with Gasteiger partial charge in [0.2, 0.25) is 0 Å². The van der Waals surface area contributed by atoms with Gasteiger partial charge in [-0.25, -0.2) is 8.78 Å². The van der Waals surface area contributed by atoms with Crippen molar-refractivity contribution in [2.24, 2.45) is 0 Å². The van der Waals surface area contributed by atoms with Gasteiger partial charge in [0.15, 0.2) is 0 Å². The topological polar surface area (TPSA) is 29.1 Å². The molecule has 4 heteroatoms. The molecule has 92 valence electrons. The van der Waals surface area contributed by atoms with Gasteiger partial charge in [-0.2, -0.15) is 0 Å². The molecule has 2 rings (SSSR count). The van der Waals surface area contributed by atoms with Crippen molar-refractivity contribution in [3.8, 4) is 0 Å². The zero-order valence-corrected chi connectivity index (χ0v) is 9.71. The third-order valence-electron chi connectivity index (χ3n) is 2.42. The summed E-state index contributed by atoms with van der Waals surface area (Å²) in [7, 11) is 0. The Bertz CT molecular complexity index is 576. The van der Waals surface area contributed by atoms with Gasteiger partial charge in [0, 0.05) is 5.69 Å². The highest BCUT2D eigenvalue weighted by Crippen LogP contribution is 2.15. The lowest BCUT2D eigenvalue weighted by Crippen LogP contribution is -2.13. The Balaban J connectivity index is 2.24. The van der Waals surface area contributed by atoms with Crippen LogP contribution >= 0.6 is 0 Å². The van der Waals surface area contributed by atoms with E-state index in [0.29, 0.717) is 11.3 Å². The Kier molecular flexibility index (Phi) is 3.37. The molecular formula is C14H11F2NO. The molecule has 0 aromatic heterocycles. The molecule has 0 aliphatic rings. The summed E-state index contributed by atoms with van der Waals surface area (Å²) >= 11 is 0. The fourth-order valence-electron chi connectivity index (χ4n) is 1.65. The number of hydrogen-bond acceptors (Lipinski definition) is 1. The van der Waals surface area contributed by atoms with Crippen LogP contribution in [0.2, 0.25) is 0 Å². The highest BCUT2D eigenvalue weighted by atomic mass is 19.1. The van der Waals surface area contributed by atoms with Crippen molar-refractivity contribution >= 4 is 11.6 Å². The van der Waals surface area contributed by atoms with Crippen molar-refractivity contribution in [1.29, 1.82) is 0 Å². The third kappa shape index (κ3) is 2.71. The molecular weight excluding hydrogens is 236 g/mol. The van der Waals surface area contributed by atoms with Gasteiger partial charge in [0.1, 0.15) is 11.6 Å². The van der Waals surface area contributed by atoms with Gasteiger partial charge < -0.3 is 5.32 Å². The first-order valence-electron chi connectivity index (χ1n) is 5.39. The molecule has 0 aliphatic heterocycles. The molecule has 0 spiro atoms. The highest BCUT2D eigenvalue weighted by Gasteiger charge is 2.11. The van der Waals surface area contributed by atoms with Gasteiger partial charge >= 0.3 is 0 Å². The maximum Gasteiger partial charge on any atom is 0.258 e. The standard InChI is InChI=1S/C14H11F2NO/c1-9-6-10(15)8-11(7-9)17-14(18)12-4-2-3-5-13(12)16/h2-8H,1H3,(H,17,18). The van der Waals surface area contributed by atoms with Gasteiger partial charge in [-0.1, -0.05) is 12.1 Å². The average Bonchev–Trinajstić information content (AvgIpc) is 2.27. The van der Waals surface area contributed by atoms with E-state index in [4.69, 9.17) is 0 Å². The normalized spacial score (nSPS) is 10.2. The van der Waals surface area contributed by atoms with Crippen molar-refractivity contribution in [3.63, 3.8) is 0 Å². The summed E-state index contributed by atoms with van der Waals surface area (Å²) in [4.78, 5) is 11.8. The van der Waals surface area contributed by atoms with Crippen LogP contribution in [0.25, 0.3) is 0 Å². The van der Waals surface area contributed by atoms with E-state index in [-0.39, 0.29) is 5.56 Å². The van der Waals surface area contributed by atoms with Crippen LogP contribution < -0.4 is 5.32 Å². The van der Waals surface area contributed by atoms with E-state index in [0.717, 1.165) is 0 Å². The lowest BCUT2D eigenvalue weighted by molar-refractivity contribution is 0.102. The average molecular weight is 247 g/mol. The molecule has 0 unspecified atom stereocenters. The number of carbonyl (C=O) groups is 1. The van der Waals surface area contributed by atoms with E-state index < -0.39 is 17.5 Å². The molecule has 0 fully saturated rings. The lowest BCUT2D eigenvalue weighted by Gasteiger charge is -2.07. The van der Waals surface area contributed by atoms with Gasteiger partial charge in [-0.15, -0.1) is 0 Å². The summed E-state index contributed by atoms with van der Waals surface area (Å²) in [6.07, 6.45) is 0. The van der Waals surface area contributed by atoms with E-state index in [1.165, 1.54) is 30.3 Å². The molecule has 0 saturated carbocycles. The number of rotatable bonds is 2. The second-order valence-corrected chi connectivity index (χ2v) is 3.95. The molecule has 18 heavy (non-hydrogen) atoms. The molecule has 0 saturated heterocycles. The summed E-state index contributed by atoms with van der Waals surface area (Å²) < 4.78 is 26.5. The van der Waals surface area contributed by atoms with Gasteiger partial charge in [0.25, 0.3) is 5.91 Å². The number of nitrogens with one attached hydrogen (secondary N) is 1. The first-order chi connectivity index (χ1) is 8.56. The Morgan fingerprint density at radius 3 is 2.50 bits per heavy atom. The van der Waals surface area contributed by atoms with E-state index in [9.17, 15) is 13.6 Å². The van der Waals surface area contributed by atoms with Crippen LogP contribution in [-0.4, -0.2) is 5.91 Å². The van der Waals surface area contributed by atoms with E-state index in [2.05, 4.69) is 5.32 Å². The minimum absolute atomic E-state index is 0.0700. The van der Waals surface area contributed by atoms with Crippen LogP contribution in [0.1, 0.15) is 15.9 Å². The smallest absolute Gasteiger partial charge is 0.258 e. The third-order valence-corrected chi connectivity index (χ3v) is 2.42. The van der Waals surface area contributed by atoms with Gasteiger partial charge in [0.05, 0.1) is 5.56 Å². The largest absolute Gasteiger partial charge is 0.322 e. The fraction of sp³-hybridized carbons (Fsp3) is 0.0714. The van der Waals surface area contributed by atoms with Gasteiger partial charge in [-0.3, -0.25) is 4.79 Å². The first-order valence-corrected chi connectivity index (χ1v) is 5.39. The number of aryl methyl sites for hydroxylation is 1. The molecule has 0 aliphatic carbocycles. The number of anilines is 1. The van der Waals surface area contributed by atoms with Gasteiger partial charge in [-0.05, 0) is 42.8 Å². The van der Waals surface area contributed by atoms with Crippen LogP contribution in [0.3, 0.4) is 0 Å². The minimum Gasteiger partial charge on any atom is -0.322 e. The zero-order valence-electron chi connectivity index (χ0n) is 9.71. The number of amides is 1. The molecule has 2 nitrogen and oxygen atoms in total. The van der Waals surface area contributed by atoms with Crippen LogP contribution in [0.5, 0.6) is 0 Å². The monoisotopic (exact) mass is 247 g/mol. The predicted molar refractivity (Wildman–Crippen MR) is 65.5 cm³/mol. The molecule has 0 heterocycles. The first kappa shape index (κ1) is 12.2. The number of halogens is 2. The quantitative estimate of drug-likeness (QED) is 0.864. The molecule has 0 atom stereocenters. The zero-order chi connectivity index (χ0) is 13.1.